The molecule has 0 aliphatic carbocycles. The summed E-state index contributed by atoms with van der Waals surface area (Å²) in [7, 11) is 1.53. The van der Waals surface area contributed by atoms with Crippen LogP contribution in [-0.2, 0) is 20.7 Å². The number of nitrogens with zero attached hydrogens (tertiary/aromatic N) is 2. The van der Waals surface area contributed by atoms with Crippen LogP contribution >= 0.6 is 0 Å². The van der Waals surface area contributed by atoms with E-state index in [0.717, 1.165) is 34.1 Å². The normalized spacial score (nSPS) is 10.9. The first-order valence-corrected chi connectivity index (χ1v) is 10.4. The molecule has 0 spiro atoms. The molecule has 8 heteroatoms. The van der Waals surface area contributed by atoms with Crippen molar-refractivity contribution in [3.63, 3.8) is 0 Å². The Bertz CT molecular complexity index is 1240. The number of hydrogen-bond donors (Lipinski definition) is 3. The minimum atomic E-state index is -0.726. The summed E-state index contributed by atoms with van der Waals surface area (Å²) in [5, 5.41) is 10.5. The van der Waals surface area contributed by atoms with Crippen molar-refractivity contribution in [3.05, 3.63) is 66.6 Å². The summed E-state index contributed by atoms with van der Waals surface area (Å²) in [4.78, 5) is 27.3. The number of fused-ring (bicyclic) bond motifs is 1. The lowest BCUT2D eigenvalue weighted by Gasteiger charge is -2.06. The van der Waals surface area contributed by atoms with Crippen LogP contribution in [0, 0.1) is 0 Å². The number of aryl methyl sites for hydroxylation is 1. The number of anilines is 1. The molecular formula is C24H25N5O3. The standard InChI is InChI=1S/C24H25N5O3/c1-3-16-4-7-19(8-5-16)29-15-18(13-27-29)17-6-9-21-20(12-17)22(14-26-21)28-24(31)23(30)25-10-11-32-2/h4-9,12-15,26H,3,10-11H2,1-2H3,(H,25,30)(H,28,31). The van der Waals surface area contributed by atoms with E-state index < -0.39 is 11.8 Å². The van der Waals surface area contributed by atoms with Gasteiger partial charge in [0.25, 0.3) is 0 Å². The van der Waals surface area contributed by atoms with E-state index in [9.17, 15) is 9.59 Å². The second-order valence-electron chi connectivity index (χ2n) is 7.36. The molecule has 32 heavy (non-hydrogen) atoms. The Morgan fingerprint density at radius 2 is 1.91 bits per heavy atom. The molecule has 0 saturated heterocycles. The van der Waals surface area contributed by atoms with Crippen molar-refractivity contribution in [1.82, 2.24) is 20.1 Å². The molecule has 4 rings (SSSR count). The van der Waals surface area contributed by atoms with Gasteiger partial charge in [-0.15, -0.1) is 0 Å². The van der Waals surface area contributed by atoms with E-state index >= 15 is 0 Å². The molecule has 2 aromatic heterocycles. The molecule has 0 aliphatic heterocycles. The highest BCUT2D eigenvalue weighted by molar-refractivity contribution is 6.40. The average molecular weight is 431 g/mol. The Labute approximate surface area is 185 Å². The monoisotopic (exact) mass is 431 g/mol. The summed E-state index contributed by atoms with van der Waals surface area (Å²) < 4.78 is 6.71. The molecule has 0 saturated carbocycles. The van der Waals surface area contributed by atoms with E-state index in [2.05, 4.69) is 51.9 Å². The van der Waals surface area contributed by atoms with Crippen molar-refractivity contribution < 1.29 is 14.3 Å². The third-order valence-corrected chi connectivity index (χ3v) is 5.25. The van der Waals surface area contributed by atoms with Gasteiger partial charge < -0.3 is 20.4 Å². The maximum Gasteiger partial charge on any atom is 0.313 e. The Hall–Kier alpha value is -3.91. The van der Waals surface area contributed by atoms with Gasteiger partial charge in [0, 0.05) is 42.5 Å². The van der Waals surface area contributed by atoms with Crippen molar-refractivity contribution in [3.8, 4) is 16.8 Å². The fourth-order valence-electron chi connectivity index (χ4n) is 3.43. The Morgan fingerprint density at radius 3 is 2.66 bits per heavy atom. The fraction of sp³-hybridized carbons (Fsp3) is 0.208. The molecule has 2 heterocycles. The number of carbonyl (C=O) groups excluding carboxylic acids is 2. The predicted molar refractivity (Wildman–Crippen MR) is 124 cm³/mol. The van der Waals surface area contributed by atoms with Gasteiger partial charge in [0.15, 0.2) is 0 Å². The SMILES string of the molecule is CCc1ccc(-n2cc(-c3ccc4[nH]cc(NC(=O)C(=O)NCCOC)c4c3)cn2)cc1. The van der Waals surface area contributed by atoms with E-state index in [1.54, 1.807) is 6.20 Å². The Morgan fingerprint density at radius 1 is 1.09 bits per heavy atom. The summed E-state index contributed by atoms with van der Waals surface area (Å²) in [6.07, 6.45) is 6.45. The number of methoxy groups -OCH3 is 1. The van der Waals surface area contributed by atoms with Crippen LogP contribution in [-0.4, -0.2) is 46.8 Å². The van der Waals surface area contributed by atoms with Crippen molar-refractivity contribution in [1.29, 1.82) is 0 Å². The topological polar surface area (TPSA) is 101 Å². The molecule has 0 radical (unpaired) electrons. The van der Waals surface area contributed by atoms with Crippen LogP contribution in [0.5, 0.6) is 0 Å². The lowest BCUT2D eigenvalue weighted by atomic mass is 10.1. The highest BCUT2D eigenvalue weighted by Gasteiger charge is 2.16. The maximum atomic E-state index is 12.2. The van der Waals surface area contributed by atoms with E-state index in [0.29, 0.717) is 12.3 Å². The van der Waals surface area contributed by atoms with Crippen LogP contribution in [0.2, 0.25) is 0 Å². The number of ether oxygens (including phenoxy) is 1. The van der Waals surface area contributed by atoms with Gasteiger partial charge >= 0.3 is 11.8 Å². The first kappa shape index (κ1) is 21.3. The third kappa shape index (κ3) is 4.55. The third-order valence-electron chi connectivity index (χ3n) is 5.25. The van der Waals surface area contributed by atoms with E-state index in [4.69, 9.17) is 4.74 Å². The zero-order chi connectivity index (χ0) is 22.5. The van der Waals surface area contributed by atoms with Gasteiger partial charge in [0.05, 0.1) is 24.2 Å². The zero-order valence-electron chi connectivity index (χ0n) is 18.0. The molecule has 2 amide bonds. The molecule has 2 aromatic carbocycles. The van der Waals surface area contributed by atoms with Gasteiger partial charge in [0.1, 0.15) is 0 Å². The minimum Gasteiger partial charge on any atom is -0.383 e. The first-order chi connectivity index (χ1) is 15.6. The van der Waals surface area contributed by atoms with Crippen LogP contribution in [0.4, 0.5) is 5.69 Å². The molecule has 0 unspecified atom stereocenters. The number of amides is 2. The van der Waals surface area contributed by atoms with Gasteiger partial charge in [-0.25, -0.2) is 4.68 Å². The van der Waals surface area contributed by atoms with Gasteiger partial charge in [-0.3, -0.25) is 9.59 Å². The number of aromatic amines is 1. The Kier molecular flexibility index (Phi) is 6.32. The number of benzene rings is 2. The molecule has 0 aliphatic rings. The molecular weight excluding hydrogens is 406 g/mol. The van der Waals surface area contributed by atoms with Crippen molar-refractivity contribution >= 4 is 28.4 Å². The van der Waals surface area contributed by atoms with Crippen LogP contribution in [0.1, 0.15) is 12.5 Å². The first-order valence-electron chi connectivity index (χ1n) is 10.4. The van der Waals surface area contributed by atoms with E-state index in [-0.39, 0.29) is 6.54 Å². The van der Waals surface area contributed by atoms with Crippen molar-refractivity contribution in [2.75, 3.05) is 25.6 Å². The summed E-state index contributed by atoms with van der Waals surface area (Å²) in [6.45, 7) is 2.74. The zero-order valence-corrected chi connectivity index (χ0v) is 18.0. The number of rotatable bonds is 7. The number of nitrogens with one attached hydrogen (secondary N) is 3. The molecule has 0 bridgehead atoms. The van der Waals surface area contributed by atoms with E-state index in [1.807, 2.05) is 35.3 Å². The van der Waals surface area contributed by atoms with Crippen LogP contribution in [0.25, 0.3) is 27.7 Å². The summed E-state index contributed by atoms with van der Waals surface area (Å²) >= 11 is 0. The number of H-pyrrole nitrogens is 1. The number of carbonyl (C=O) groups is 2. The highest BCUT2D eigenvalue weighted by Crippen LogP contribution is 2.29. The number of hydrogen-bond acceptors (Lipinski definition) is 4. The van der Waals surface area contributed by atoms with Gasteiger partial charge in [-0.05, 0) is 41.8 Å². The average Bonchev–Trinajstić information content (AvgIpc) is 3.46. The van der Waals surface area contributed by atoms with Gasteiger partial charge in [-0.1, -0.05) is 25.1 Å². The second-order valence-corrected chi connectivity index (χ2v) is 7.36. The van der Waals surface area contributed by atoms with Crippen LogP contribution in [0.15, 0.2) is 61.1 Å². The van der Waals surface area contributed by atoms with Crippen LogP contribution < -0.4 is 10.6 Å². The lowest BCUT2D eigenvalue weighted by molar-refractivity contribution is -0.136. The lowest BCUT2D eigenvalue weighted by Crippen LogP contribution is -2.37. The molecule has 0 fully saturated rings. The maximum absolute atomic E-state index is 12.2. The number of aromatic nitrogens is 3. The predicted octanol–water partition coefficient (Wildman–Crippen LogP) is 3.28. The molecule has 164 valence electrons. The van der Waals surface area contributed by atoms with Crippen molar-refractivity contribution in [2.24, 2.45) is 0 Å². The summed E-state index contributed by atoms with van der Waals surface area (Å²) in [5.41, 5.74) is 5.56. The summed E-state index contributed by atoms with van der Waals surface area (Å²) in [6, 6.07) is 14.2. The fourth-order valence-corrected chi connectivity index (χ4v) is 3.43. The van der Waals surface area contributed by atoms with Crippen LogP contribution in [0.3, 0.4) is 0 Å². The molecule has 3 N–H and O–H groups in total. The largest absolute Gasteiger partial charge is 0.383 e. The molecule has 8 nitrogen and oxygen atoms in total. The summed E-state index contributed by atoms with van der Waals surface area (Å²) in [5.74, 6) is -1.43. The van der Waals surface area contributed by atoms with E-state index in [1.165, 1.54) is 12.7 Å². The Balaban J connectivity index is 1.54. The van der Waals surface area contributed by atoms with Crippen molar-refractivity contribution in [2.45, 2.75) is 13.3 Å². The minimum absolute atomic E-state index is 0.270. The van der Waals surface area contributed by atoms with Gasteiger partial charge in [0.2, 0.25) is 0 Å². The highest BCUT2D eigenvalue weighted by atomic mass is 16.5. The second kappa shape index (κ2) is 9.49. The van der Waals surface area contributed by atoms with Gasteiger partial charge in [-0.2, -0.15) is 5.10 Å². The molecule has 0 atom stereocenters. The smallest absolute Gasteiger partial charge is 0.313 e. The molecule has 4 aromatic rings. The quantitative estimate of drug-likeness (QED) is 0.309.